The van der Waals surface area contributed by atoms with Gasteiger partial charge in [0.15, 0.2) is 11.5 Å². The normalized spacial score (nSPS) is 10.9. The molecule has 6 nitrogen and oxygen atoms in total. The van der Waals surface area contributed by atoms with Gasteiger partial charge in [-0.15, -0.1) is 0 Å². The Morgan fingerprint density at radius 2 is 1.95 bits per heavy atom. The Morgan fingerprint density at radius 3 is 2.63 bits per heavy atom. The van der Waals surface area contributed by atoms with Gasteiger partial charge < -0.3 is 24.9 Å². The van der Waals surface area contributed by atoms with Gasteiger partial charge in [0.2, 0.25) is 0 Å². The number of benzene rings is 1. The van der Waals surface area contributed by atoms with E-state index in [1.54, 1.807) is 14.2 Å². The van der Waals surface area contributed by atoms with Crippen molar-refractivity contribution in [2.45, 2.75) is 6.42 Å². The lowest BCUT2D eigenvalue weighted by Gasteiger charge is -2.06. The molecule has 0 aliphatic carbocycles. The quantitative estimate of drug-likeness (QED) is 0.642. The number of hydrogen-bond donors (Lipinski definition) is 3. The Hall–Kier alpha value is -1.79. The zero-order valence-electron chi connectivity index (χ0n) is 11.2. The molecule has 1 aromatic carbocycles. The molecule has 19 heavy (non-hydrogen) atoms. The highest BCUT2D eigenvalue weighted by molar-refractivity contribution is 5.79. The van der Waals surface area contributed by atoms with E-state index >= 15 is 0 Å². The number of H-pyrrole nitrogens is 1. The van der Waals surface area contributed by atoms with Crippen LogP contribution in [0.25, 0.3) is 11.0 Å². The van der Waals surface area contributed by atoms with Crippen LogP contribution < -0.4 is 14.8 Å². The van der Waals surface area contributed by atoms with Gasteiger partial charge in [-0.25, -0.2) is 4.98 Å². The third-order valence-corrected chi connectivity index (χ3v) is 2.86. The van der Waals surface area contributed by atoms with Gasteiger partial charge >= 0.3 is 0 Å². The van der Waals surface area contributed by atoms with Gasteiger partial charge in [-0.05, 0) is 0 Å². The second-order valence-electron chi connectivity index (χ2n) is 4.13. The predicted molar refractivity (Wildman–Crippen MR) is 72.9 cm³/mol. The summed E-state index contributed by atoms with van der Waals surface area (Å²) in [6.07, 6.45) is 0.777. The molecule has 0 unspecified atom stereocenters. The molecule has 0 aliphatic heterocycles. The van der Waals surface area contributed by atoms with Crippen LogP contribution in [0, 0.1) is 0 Å². The van der Waals surface area contributed by atoms with Crippen LogP contribution in [0.15, 0.2) is 12.1 Å². The molecule has 0 amide bonds. The second-order valence-corrected chi connectivity index (χ2v) is 4.13. The van der Waals surface area contributed by atoms with Gasteiger partial charge in [-0.1, -0.05) is 0 Å². The van der Waals surface area contributed by atoms with Crippen molar-refractivity contribution < 1.29 is 14.6 Å². The first-order valence-electron chi connectivity index (χ1n) is 6.20. The van der Waals surface area contributed by atoms with Gasteiger partial charge in [-0.3, -0.25) is 0 Å². The van der Waals surface area contributed by atoms with Crippen molar-refractivity contribution in [2.24, 2.45) is 0 Å². The van der Waals surface area contributed by atoms with Gasteiger partial charge in [0.05, 0.1) is 31.9 Å². The number of aliphatic hydroxyl groups is 1. The number of nitrogens with one attached hydrogen (secondary N) is 2. The highest BCUT2D eigenvalue weighted by Crippen LogP contribution is 2.30. The molecule has 3 N–H and O–H groups in total. The lowest BCUT2D eigenvalue weighted by atomic mass is 10.3. The molecule has 0 aliphatic rings. The van der Waals surface area contributed by atoms with Crippen molar-refractivity contribution in [1.82, 2.24) is 15.3 Å². The summed E-state index contributed by atoms with van der Waals surface area (Å²) in [7, 11) is 3.22. The van der Waals surface area contributed by atoms with E-state index < -0.39 is 0 Å². The lowest BCUT2D eigenvalue weighted by molar-refractivity contribution is 0.292. The summed E-state index contributed by atoms with van der Waals surface area (Å²) >= 11 is 0. The average Bonchev–Trinajstić information content (AvgIpc) is 2.83. The maximum absolute atomic E-state index is 8.68. The molecule has 1 heterocycles. The predicted octanol–water partition coefficient (Wildman–Crippen LogP) is 0.704. The van der Waals surface area contributed by atoms with Crippen LogP contribution >= 0.6 is 0 Å². The molecule has 2 aromatic rings. The minimum Gasteiger partial charge on any atom is -0.493 e. The fourth-order valence-corrected chi connectivity index (χ4v) is 1.92. The number of nitrogens with zero attached hydrogens (tertiary/aromatic N) is 1. The molecule has 2 rings (SSSR count). The molecule has 0 atom stereocenters. The van der Waals surface area contributed by atoms with E-state index in [0.717, 1.165) is 29.8 Å². The number of imidazole rings is 1. The largest absolute Gasteiger partial charge is 0.493 e. The number of ether oxygens (including phenoxy) is 2. The number of aliphatic hydroxyl groups excluding tert-OH is 1. The highest BCUT2D eigenvalue weighted by atomic mass is 16.5. The summed E-state index contributed by atoms with van der Waals surface area (Å²) in [5.74, 6) is 2.26. The maximum atomic E-state index is 8.68. The van der Waals surface area contributed by atoms with Gasteiger partial charge in [-0.2, -0.15) is 0 Å². The number of hydrogen-bond acceptors (Lipinski definition) is 5. The molecule has 0 saturated heterocycles. The molecule has 1 aromatic heterocycles. The minimum atomic E-state index is 0.147. The first-order chi connectivity index (χ1) is 9.28. The number of aromatic nitrogens is 2. The summed E-state index contributed by atoms with van der Waals surface area (Å²) in [4.78, 5) is 7.75. The van der Waals surface area contributed by atoms with Crippen molar-refractivity contribution in [1.29, 1.82) is 0 Å². The van der Waals surface area contributed by atoms with Crippen molar-refractivity contribution in [3.63, 3.8) is 0 Å². The number of rotatable bonds is 7. The molecule has 0 bridgehead atoms. The molecule has 0 spiro atoms. The minimum absolute atomic E-state index is 0.147. The number of methoxy groups -OCH3 is 2. The zero-order chi connectivity index (χ0) is 13.7. The smallest absolute Gasteiger partial charge is 0.163 e. The van der Waals surface area contributed by atoms with E-state index in [2.05, 4.69) is 15.3 Å². The second kappa shape index (κ2) is 6.40. The van der Waals surface area contributed by atoms with Crippen LogP contribution in [0.3, 0.4) is 0 Å². The third kappa shape index (κ3) is 3.15. The summed E-state index contributed by atoms with van der Waals surface area (Å²) in [5, 5.41) is 11.8. The van der Waals surface area contributed by atoms with Gasteiger partial charge in [0.1, 0.15) is 5.82 Å². The van der Waals surface area contributed by atoms with E-state index in [0.29, 0.717) is 18.0 Å². The fraction of sp³-hybridized carbons (Fsp3) is 0.462. The Kier molecular flexibility index (Phi) is 4.59. The standard InChI is InChI=1S/C13H19N3O3/c1-18-11-7-9-10(8-12(11)19-2)16-13(15-9)3-4-14-5-6-17/h7-8,14,17H,3-6H2,1-2H3,(H,15,16). The molecule has 0 radical (unpaired) electrons. The van der Waals surface area contributed by atoms with E-state index in [-0.39, 0.29) is 6.61 Å². The van der Waals surface area contributed by atoms with Crippen LogP contribution in [0.1, 0.15) is 5.82 Å². The SMILES string of the molecule is COc1cc2nc(CCNCCO)[nH]c2cc1OC. The number of aromatic amines is 1. The topological polar surface area (TPSA) is 79.4 Å². The Morgan fingerprint density at radius 1 is 1.21 bits per heavy atom. The monoisotopic (exact) mass is 265 g/mol. The molecule has 0 fully saturated rings. The van der Waals surface area contributed by atoms with Crippen LogP contribution in [0.2, 0.25) is 0 Å². The molecule has 6 heteroatoms. The van der Waals surface area contributed by atoms with Crippen molar-refractivity contribution in [2.75, 3.05) is 33.9 Å². The Balaban J connectivity index is 2.15. The van der Waals surface area contributed by atoms with E-state index in [1.165, 1.54) is 0 Å². The molecule has 104 valence electrons. The van der Waals surface area contributed by atoms with Crippen molar-refractivity contribution in [3.05, 3.63) is 18.0 Å². The highest BCUT2D eigenvalue weighted by Gasteiger charge is 2.09. The summed E-state index contributed by atoms with van der Waals surface area (Å²) in [6, 6.07) is 3.74. The Bertz CT molecular complexity index is 498. The van der Waals surface area contributed by atoms with E-state index in [4.69, 9.17) is 14.6 Å². The van der Waals surface area contributed by atoms with Crippen LogP contribution in [0.5, 0.6) is 11.5 Å². The summed E-state index contributed by atoms with van der Waals surface area (Å²) in [5.41, 5.74) is 1.78. The molecule has 0 saturated carbocycles. The average molecular weight is 265 g/mol. The zero-order valence-corrected chi connectivity index (χ0v) is 11.2. The Labute approximate surface area is 111 Å². The van der Waals surface area contributed by atoms with E-state index in [9.17, 15) is 0 Å². The molecular formula is C13H19N3O3. The van der Waals surface area contributed by atoms with Gasteiger partial charge in [0, 0.05) is 31.6 Å². The van der Waals surface area contributed by atoms with Crippen molar-refractivity contribution in [3.8, 4) is 11.5 Å². The van der Waals surface area contributed by atoms with Crippen LogP contribution in [-0.4, -0.2) is 49.0 Å². The third-order valence-electron chi connectivity index (χ3n) is 2.86. The maximum Gasteiger partial charge on any atom is 0.163 e. The van der Waals surface area contributed by atoms with Crippen molar-refractivity contribution >= 4 is 11.0 Å². The summed E-state index contributed by atoms with van der Waals surface area (Å²) < 4.78 is 10.5. The molecular weight excluding hydrogens is 246 g/mol. The van der Waals surface area contributed by atoms with Gasteiger partial charge in [0.25, 0.3) is 0 Å². The fourth-order valence-electron chi connectivity index (χ4n) is 1.92. The van der Waals surface area contributed by atoms with Crippen LogP contribution in [0.4, 0.5) is 0 Å². The van der Waals surface area contributed by atoms with E-state index in [1.807, 2.05) is 12.1 Å². The summed E-state index contributed by atoms with van der Waals surface area (Å²) in [6.45, 7) is 1.52. The first-order valence-corrected chi connectivity index (χ1v) is 6.20. The lowest BCUT2D eigenvalue weighted by Crippen LogP contribution is -2.21. The van der Waals surface area contributed by atoms with Crippen LogP contribution in [-0.2, 0) is 6.42 Å². The first kappa shape index (κ1) is 13.6. The number of fused-ring (bicyclic) bond motifs is 1.